The van der Waals surface area contributed by atoms with Gasteiger partial charge in [0.2, 0.25) is 0 Å². The zero-order chi connectivity index (χ0) is 16.0. The van der Waals surface area contributed by atoms with Crippen LogP contribution in [0.4, 0.5) is 13.2 Å². The molecule has 1 aromatic rings. The van der Waals surface area contributed by atoms with Crippen LogP contribution in [0.3, 0.4) is 0 Å². The van der Waals surface area contributed by atoms with Gasteiger partial charge in [-0.05, 0) is 0 Å². The molecule has 1 fully saturated rings. The van der Waals surface area contributed by atoms with E-state index in [1.54, 1.807) is 18.2 Å². The Hall–Kier alpha value is -0.540. The van der Waals surface area contributed by atoms with Crippen molar-refractivity contribution < 1.29 is 22.6 Å². The average molecular weight is 428 g/mol. The molecular formula is C16H19F3O2Te. The van der Waals surface area contributed by atoms with Crippen molar-refractivity contribution >= 4 is 24.5 Å². The molecule has 2 atom stereocenters. The van der Waals surface area contributed by atoms with Crippen molar-refractivity contribution in [2.24, 2.45) is 5.92 Å². The van der Waals surface area contributed by atoms with Crippen LogP contribution in [0.1, 0.15) is 12.0 Å². The summed E-state index contributed by atoms with van der Waals surface area (Å²) in [5.74, 6) is 0.502. The van der Waals surface area contributed by atoms with E-state index in [2.05, 4.69) is 6.58 Å². The Morgan fingerprint density at radius 1 is 1.32 bits per heavy atom. The van der Waals surface area contributed by atoms with Crippen LogP contribution < -0.4 is 3.61 Å². The summed E-state index contributed by atoms with van der Waals surface area (Å²) >= 11 is -0.467. The molecule has 1 heterocycles. The van der Waals surface area contributed by atoms with Gasteiger partial charge in [-0.2, -0.15) is 0 Å². The fraction of sp³-hybridized carbons (Fsp3) is 0.500. The normalized spacial score (nSPS) is 22.0. The molecule has 1 aliphatic rings. The first kappa shape index (κ1) is 17.8. The minimum atomic E-state index is -4.25. The van der Waals surface area contributed by atoms with Gasteiger partial charge < -0.3 is 0 Å². The van der Waals surface area contributed by atoms with Gasteiger partial charge in [-0.3, -0.25) is 0 Å². The van der Waals surface area contributed by atoms with Crippen LogP contribution in [-0.2, 0) is 15.7 Å². The topological polar surface area (TPSA) is 18.5 Å². The van der Waals surface area contributed by atoms with E-state index in [0.29, 0.717) is 19.1 Å². The van der Waals surface area contributed by atoms with E-state index < -0.39 is 32.7 Å². The standard InChI is InChI=1S/C16H19F3O2Te/c1-2-7-20-10-14-8-12(9-21-14)11-22-15-5-3-13(4-6-15)16(17,18)19/h2-6,12,14H,1,7-11H2. The van der Waals surface area contributed by atoms with Crippen LogP contribution >= 0.6 is 0 Å². The molecule has 2 nitrogen and oxygen atoms in total. The van der Waals surface area contributed by atoms with E-state index in [0.717, 1.165) is 21.1 Å². The maximum absolute atomic E-state index is 12.5. The Morgan fingerprint density at radius 3 is 2.68 bits per heavy atom. The van der Waals surface area contributed by atoms with E-state index in [1.807, 2.05) is 0 Å². The average Bonchev–Trinajstić information content (AvgIpc) is 2.93. The zero-order valence-electron chi connectivity index (χ0n) is 12.1. The second kappa shape index (κ2) is 8.35. The number of ether oxygens (including phenoxy) is 2. The Morgan fingerprint density at radius 2 is 2.05 bits per heavy atom. The quantitative estimate of drug-likeness (QED) is 0.378. The third-order valence-electron chi connectivity index (χ3n) is 3.37. The number of alkyl halides is 3. The molecule has 122 valence electrons. The van der Waals surface area contributed by atoms with Gasteiger partial charge in [-0.15, -0.1) is 0 Å². The number of halogens is 3. The van der Waals surface area contributed by atoms with Gasteiger partial charge in [-0.1, -0.05) is 0 Å². The van der Waals surface area contributed by atoms with E-state index in [4.69, 9.17) is 9.47 Å². The molecule has 0 N–H and O–H groups in total. The minimum absolute atomic E-state index is 0.144. The van der Waals surface area contributed by atoms with Crippen LogP contribution in [0.5, 0.6) is 0 Å². The molecule has 1 aromatic carbocycles. The molecule has 2 rings (SSSR count). The third kappa shape index (κ3) is 5.58. The van der Waals surface area contributed by atoms with E-state index in [9.17, 15) is 13.2 Å². The summed E-state index contributed by atoms with van der Waals surface area (Å²) in [5, 5.41) is 0. The zero-order valence-corrected chi connectivity index (χ0v) is 14.5. The molecule has 22 heavy (non-hydrogen) atoms. The number of benzene rings is 1. The third-order valence-corrected chi connectivity index (χ3v) is 6.92. The first-order valence-electron chi connectivity index (χ1n) is 7.09. The molecule has 0 spiro atoms. The van der Waals surface area contributed by atoms with Gasteiger partial charge in [0, 0.05) is 0 Å². The van der Waals surface area contributed by atoms with Crippen LogP contribution in [0.2, 0.25) is 4.47 Å². The van der Waals surface area contributed by atoms with Crippen LogP contribution in [0.25, 0.3) is 0 Å². The summed E-state index contributed by atoms with van der Waals surface area (Å²) in [4.78, 5) is 0. The Bertz CT molecular complexity index is 473. The van der Waals surface area contributed by atoms with Gasteiger partial charge in [0.15, 0.2) is 0 Å². The molecule has 1 saturated heterocycles. The SMILES string of the molecule is C=CCOCC1CC(C[Te]c2ccc(C(F)(F)F)cc2)CO1. The maximum atomic E-state index is 12.5. The predicted octanol–water partition coefficient (Wildman–Crippen LogP) is 3.06. The number of hydrogen-bond donors (Lipinski definition) is 0. The van der Waals surface area contributed by atoms with Crippen molar-refractivity contribution in [1.29, 1.82) is 0 Å². The van der Waals surface area contributed by atoms with E-state index >= 15 is 0 Å². The molecule has 0 aromatic heterocycles. The van der Waals surface area contributed by atoms with Crippen molar-refractivity contribution in [3.8, 4) is 0 Å². The fourth-order valence-corrected chi connectivity index (χ4v) is 5.07. The van der Waals surface area contributed by atoms with E-state index in [1.165, 1.54) is 12.1 Å². The van der Waals surface area contributed by atoms with Crippen molar-refractivity contribution in [3.63, 3.8) is 0 Å². The second-order valence-corrected chi connectivity index (χ2v) is 8.34. The predicted molar refractivity (Wildman–Crippen MR) is 80.5 cm³/mol. The van der Waals surface area contributed by atoms with Gasteiger partial charge in [0.1, 0.15) is 0 Å². The van der Waals surface area contributed by atoms with Gasteiger partial charge in [0.25, 0.3) is 0 Å². The number of hydrogen-bond acceptors (Lipinski definition) is 2. The van der Waals surface area contributed by atoms with Crippen LogP contribution in [-0.4, -0.2) is 46.8 Å². The molecule has 6 heteroatoms. The Labute approximate surface area is 138 Å². The van der Waals surface area contributed by atoms with E-state index in [-0.39, 0.29) is 6.10 Å². The van der Waals surface area contributed by atoms with Crippen molar-refractivity contribution in [1.82, 2.24) is 0 Å². The van der Waals surface area contributed by atoms with Gasteiger partial charge in [-0.25, -0.2) is 0 Å². The Kier molecular flexibility index (Phi) is 6.76. The second-order valence-electron chi connectivity index (χ2n) is 5.22. The summed E-state index contributed by atoms with van der Waals surface area (Å²) < 4.78 is 50.7. The molecule has 0 radical (unpaired) electrons. The molecule has 1 aliphatic heterocycles. The first-order valence-corrected chi connectivity index (χ1v) is 9.90. The molecular weight excluding hydrogens is 409 g/mol. The Balaban J connectivity index is 1.73. The van der Waals surface area contributed by atoms with Crippen molar-refractivity contribution in [3.05, 3.63) is 42.5 Å². The van der Waals surface area contributed by atoms with Crippen molar-refractivity contribution in [2.45, 2.75) is 23.2 Å². The van der Waals surface area contributed by atoms with Crippen LogP contribution in [0, 0.1) is 5.92 Å². The van der Waals surface area contributed by atoms with Crippen molar-refractivity contribution in [2.75, 3.05) is 19.8 Å². The summed E-state index contributed by atoms with van der Waals surface area (Å²) in [6, 6.07) is 5.59. The number of rotatable bonds is 7. The summed E-state index contributed by atoms with van der Waals surface area (Å²) in [5.41, 5.74) is -0.577. The van der Waals surface area contributed by atoms with Gasteiger partial charge in [0.05, 0.1) is 0 Å². The molecule has 0 saturated carbocycles. The first-order chi connectivity index (χ1) is 10.5. The molecule has 0 amide bonds. The molecule has 0 aliphatic carbocycles. The summed E-state index contributed by atoms with van der Waals surface area (Å²) in [7, 11) is 0. The monoisotopic (exact) mass is 430 g/mol. The molecule has 2 unspecified atom stereocenters. The summed E-state index contributed by atoms with van der Waals surface area (Å²) in [6.45, 7) is 5.44. The molecule has 0 bridgehead atoms. The fourth-order valence-electron chi connectivity index (χ4n) is 2.25. The summed E-state index contributed by atoms with van der Waals surface area (Å²) in [6.07, 6.45) is -1.42. The van der Waals surface area contributed by atoms with Gasteiger partial charge >= 0.3 is 139 Å². The van der Waals surface area contributed by atoms with Crippen LogP contribution in [0.15, 0.2) is 36.9 Å².